The molecule has 1 fully saturated rings. The molecule has 0 bridgehead atoms. The predicted octanol–water partition coefficient (Wildman–Crippen LogP) is 3.21. The van der Waals surface area contributed by atoms with Crippen molar-refractivity contribution in [3.8, 4) is 0 Å². The molecule has 0 radical (unpaired) electrons. The van der Waals surface area contributed by atoms with Gasteiger partial charge in [0.1, 0.15) is 0 Å². The maximum atomic E-state index is 6.15. The lowest BCUT2D eigenvalue weighted by atomic mass is 9.72. The molecule has 108 valence electrons. The standard InChI is InChI=1S/C15H32N2S/c1-12(2)14-6-8-15(11-16,9-7-14)17(4)13(3)10-18-5/h12-14H,6-11,16H2,1-5H3. The summed E-state index contributed by atoms with van der Waals surface area (Å²) in [6.45, 7) is 7.87. The van der Waals surface area contributed by atoms with Crippen LogP contribution in [0.3, 0.4) is 0 Å². The summed E-state index contributed by atoms with van der Waals surface area (Å²) in [5, 5.41) is 0. The molecule has 0 aromatic carbocycles. The molecular formula is C15H32N2S. The Morgan fingerprint density at radius 3 is 2.22 bits per heavy atom. The third-order valence-corrected chi connectivity index (χ3v) is 5.92. The fourth-order valence-corrected chi connectivity index (χ4v) is 4.07. The number of likely N-dealkylation sites (N-methyl/N-ethyl adjacent to an activating group) is 1. The van der Waals surface area contributed by atoms with E-state index in [1.807, 2.05) is 11.8 Å². The molecule has 0 amide bonds. The minimum Gasteiger partial charge on any atom is -0.329 e. The fourth-order valence-electron chi connectivity index (χ4n) is 3.37. The summed E-state index contributed by atoms with van der Waals surface area (Å²) in [7, 11) is 2.28. The Balaban J connectivity index is 2.65. The van der Waals surface area contributed by atoms with E-state index in [0.29, 0.717) is 6.04 Å². The summed E-state index contributed by atoms with van der Waals surface area (Å²) in [5.41, 5.74) is 6.41. The van der Waals surface area contributed by atoms with Crippen LogP contribution in [0, 0.1) is 11.8 Å². The molecule has 1 aliphatic carbocycles. The summed E-state index contributed by atoms with van der Waals surface area (Å²) in [5.74, 6) is 2.94. The Morgan fingerprint density at radius 2 is 1.83 bits per heavy atom. The molecule has 0 aromatic heterocycles. The second-order valence-electron chi connectivity index (χ2n) is 6.43. The average molecular weight is 273 g/mol. The first kappa shape index (κ1) is 16.3. The summed E-state index contributed by atoms with van der Waals surface area (Å²) < 4.78 is 0. The number of hydrogen-bond acceptors (Lipinski definition) is 3. The second kappa shape index (κ2) is 7.16. The molecule has 2 N–H and O–H groups in total. The molecule has 3 heteroatoms. The predicted molar refractivity (Wildman–Crippen MR) is 84.2 cm³/mol. The summed E-state index contributed by atoms with van der Waals surface area (Å²) >= 11 is 1.93. The van der Waals surface area contributed by atoms with E-state index >= 15 is 0 Å². The van der Waals surface area contributed by atoms with Crippen LogP contribution in [0.15, 0.2) is 0 Å². The van der Waals surface area contributed by atoms with Crippen LogP contribution in [0.5, 0.6) is 0 Å². The molecule has 18 heavy (non-hydrogen) atoms. The lowest BCUT2D eigenvalue weighted by Gasteiger charge is -2.49. The molecule has 0 aromatic rings. The fraction of sp³-hybridized carbons (Fsp3) is 1.00. The van der Waals surface area contributed by atoms with E-state index < -0.39 is 0 Å². The topological polar surface area (TPSA) is 29.3 Å². The van der Waals surface area contributed by atoms with Crippen LogP contribution in [0.1, 0.15) is 46.5 Å². The number of rotatable bonds is 6. The first-order valence-electron chi connectivity index (χ1n) is 7.38. The molecule has 0 heterocycles. The van der Waals surface area contributed by atoms with Gasteiger partial charge in [0, 0.05) is 23.9 Å². The largest absolute Gasteiger partial charge is 0.329 e. The number of hydrogen-bond donors (Lipinski definition) is 1. The van der Waals surface area contributed by atoms with Crippen molar-refractivity contribution >= 4 is 11.8 Å². The third kappa shape index (κ3) is 3.64. The first-order valence-corrected chi connectivity index (χ1v) is 8.78. The van der Waals surface area contributed by atoms with E-state index in [-0.39, 0.29) is 5.54 Å². The normalized spacial score (nSPS) is 31.0. The van der Waals surface area contributed by atoms with Crippen LogP contribution in [-0.2, 0) is 0 Å². The molecule has 1 rings (SSSR count). The van der Waals surface area contributed by atoms with Gasteiger partial charge in [-0.2, -0.15) is 11.8 Å². The van der Waals surface area contributed by atoms with Gasteiger partial charge in [-0.3, -0.25) is 4.90 Å². The highest BCUT2D eigenvalue weighted by molar-refractivity contribution is 7.98. The van der Waals surface area contributed by atoms with Gasteiger partial charge in [-0.1, -0.05) is 13.8 Å². The van der Waals surface area contributed by atoms with Gasteiger partial charge >= 0.3 is 0 Å². The quantitative estimate of drug-likeness (QED) is 0.805. The molecule has 0 spiro atoms. The summed E-state index contributed by atoms with van der Waals surface area (Å²) in [6.07, 6.45) is 7.45. The SMILES string of the molecule is CSCC(C)N(C)C1(CN)CCC(C(C)C)CC1. The minimum atomic E-state index is 0.264. The smallest absolute Gasteiger partial charge is 0.0332 e. The average Bonchev–Trinajstić information content (AvgIpc) is 2.38. The highest BCUT2D eigenvalue weighted by atomic mass is 32.2. The monoisotopic (exact) mass is 272 g/mol. The Bertz CT molecular complexity index is 235. The van der Waals surface area contributed by atoms with Gasteiger partial charge in [-0.05, 0) is 57.7 Å². The number of nitrogens with zero attached hydrogens (tertiary/aromatic N) is 1. The van der Waals surface area contributed by atoms with E-state index in [1.165, 1.54) is 31.4 Å². The van der Waals surface area contributed by atoms with Crippen molar-refractivity contribution in [3.05, 3.63) is 0 Å². The van der Waals surface area contributed by atoms with Crippen LogP contribution < -0.4 is 5.73 Å². The van der Waals surface area contributed by atoms with Gasteiger partial charge in [0.25, 0.3) is 0 Å². The molecular weight excluding hydrogens is 240 g/mol. The van der Waals surface area contributed by atoms with E-state index in [1.54, 1.807) is 0 Å². The van der Waals surface area contributed by atoms with Gasteiger partial charge in [-0.15, -0.1) is 0 Å². The summed E-state index contributed by atoms with van der Waals surface area (Å²) in [6, 6.07) is 0.624. The zero-order valence-electron chi connectivity index (χ0n) is 12.9. The highest BCUT2D eigenvalue weighted by Crippen LogP contribution is 2.39. The molecule has 1 saturated carbocycles. The number of thioether (sulfide) groups is 1. The minimum absolute atomic E-state index is 0.264. The lowest BCUT2D eigenvalue weighted by Crippen LogP contribution is -2.57. The van der Waals surface area contributed by atoms with E-state index in [0.717, 1.165) is 18.4 Å². The van der Waals surface area contributed by atoms with Gasteiger partial charge in [0.05, 0.1) is 0 Å². The van der Waals surface area contributed by atoms with Crippen molar-refractivity contribution < 1.29 is 0 Å². The summed E-state index contributed by atoms with van der Waals surface area (Å²) in [4.78, 5) is 2.57. The van der Waals surface area contributed by atoms with Crippen LogP contribution in [-0.4, -0.2) is 42.1 Å². The second-order valence-corrected chi connectivity index (χ2v) is 7.34. The maximum absolute atomic E-state index is 6.15. The van der Waals surface area contributed by atoms with Crippen LogP contribution in [0.2, 0.25) is 0 Å². The molecule has 2 nitrogen and oxygen atoms in total. The lowest BCUT2D eigenvalue weighted by molar-refractivity contribution is 0.0352. The van der Waals surface area contributed by atoms with E-state index in [9.17, 15) is 0 Å². The van der Waals surface area contributed by atoms with E-state index in [2.05, 4.69) is 39.0 Å². The molecule has 0 saturated heterocycles. The Morgan fingerprint density at radius 1 is 1.28 bits per heavy atom. The van der Waals surface area contributed by atoms with Crippen LogP contribution >= 0.6 is 11.8 Å². The maximum Gasteiger partial charge on any atom is 0.0332 e. The Labute approximate surface area is 118 Å². The highest BCUT2D eigenvalue weighted by Gasteiger charge is 2.39. The molecule has 1 unspecified atom stereocenters. The zero-order valence-corrected chi connectivity index (χ0v) is 13.7. The third-order valence-electron chi connectivity index (χ3n) is 5.10. The Hall–Kier alpha value is 0.270. The van der Waals surface area contributed by atoms with Gasteiger partial charge in [-0.25, -0.2) is 0 Å². The van der Waals surface area contributed by atoms with Crippen molar-refractivity contribution in [2.24, 2.45) is 17.6 Å². The van der Waals surface area contributed by atoms with Crippen molar-refractivity contribution in [2.45, 2.75) is 58.0 Å². The first-order chi connectivity index (χ1) is 8.46. The van der Waals surface area contributed by atoms with Crippen molar-refractivity contribution in [3.63, 3.8) is 0 Å². The van der Waals surface area contributed by atoms with Crippen molar-refractivity contribution in [2.75, 3.05) is 25.6 Å². The Kier molecular flexibility index (Phi) is 6.49. The zero-order chi connectivity index (χ0) is 13.8. The van der Waals surface area contributed by atoms with Crippen molar-refractivity contribution in [1.29, 1.82) is 0 Å². The molecule has 1 atom stereocenters. The van der Waals surface area contributed by atoms with Crippen LogP contribution in [0.25, 0.3) is 0 Å². The van der Waals surface area contributed by atoms with Crippen molar-refractivity contribution in [1.82, 2.24) is 4.90 Å². The molecule has 0 aliphatic heterocycles. The van der Waals surface area contributed by atoms with Gasteiger partial charge in [0.15, 0.2) is 0 Å². The molecule has 1 aliphatic rings. The van der Waals surface area contributed by atoms with Gasteiger partial charge in [0.2, 0.25) is 0 Å². The van der Waals surface area contributed by atoms with E-state index in [4.69, 9.17) is 5.73 Å². The van der Waals surface area contributed by atoms with Gasteiger partial charge < -0.3 is 5.73 Å². The van der Waals surface area contributed by atoms with Crippen LogP contribution in [0.4, 0.5) is 0 Å². The number of nitrogens with two attached hydrogens (primary N) is 1.